The molecule has 1 aliphatic rings. The van der Waals surface area contributed by atoms with Gasteiger partial charge in [-0.1, -0.05) is 31.0 Å². The molecule has 1 aliphatic heterocycles. The third-order valence-electron chi connectivity index (χ3n) is 3.97. The zero-order valence-corrected chi connectivity index (χ0v) is 12.6. The highest BCUT2D eigenvalue weighted by Gasteiger charge is 2.12. The maximum atomic E-state index is 13.6. The van der Waals surface area contributed by atoms with Crippen LogP contribution in [0.25, 0.3) is 0 Å². The highest BCUT2D eigenvalue weighted by Crippen LogP contribution is 2.18. The van der Waals surface area contributed by atoms with Gasteiger partial charge in [-0.05, 0) is 25.0 Å². The first kappa shape index (κ1) is 14.8. The van der Waals surface area contributed by atoms with E-state index in [1.54, 1.807) is 18.3 Å². The van der Waals surface area contributed by atoms with E-state index in [2.05, 4.69) is 20.2 Å². The summed E-state index contributed by atoms with van der Waals surface area (Å²) in [6, 6.07) is 8.69. The van der Waals surface area contributed by atoms with Gasteiger partial charge in [0.2, 0.25) is 5.95 Å². The molecule has 0 atom stereocenters. The molecular weight excluding hydrogens is 279 g/mol. The largest absolute Gasteiger partial charge is 0.356 e. The number of hydrogen-bond donors (Lipinski definition) is 1. The zero-order chi connectivity index (χ0) is 15.2. The van der Waals surface area contributed by atoms with Crippen LogP contribution in [-0.4, -0.2) is 23.1 Å². The van der Waals surface area contributed by atoms with Crippen molar-refractivity contribution in [2.75, 3.05) is 23.3 Å². The van der Waals surface area contributed by atoms with E-state index in [1.165, 1.54) is 31.7 Å². The maximum Gasteiger partial charge on any atom is 0.224 e. The molecule has 1 fully saturated rings. The van der Waals surface area contributed by atoms with Gasteiger partial charge in [-0.3, -0.25) is 0 Å². The Morgan fingerprint density at radius 3 is 2.59 bits per heavy atom. The average Bonchev–Trinajstić information content (AvgIpc) is 2.84. The van der Waals surface area contributed by atoms with E-state index in [1.807, 2.05) is 12.1 Å². The molecule has 0 spiro atoms. The molecule has 0 unspecified atom stereocenters. The van der Waals surface area contributed by atoms with Crippen molar-refractivity contribution in [2.24, 2.45) is 0 Å². The molecule has 2 heterocycles. The Morgan fingerprint density at radius 2 is 1.82 bits per heavy atom. The molecule has 3 rings (SSSR count). The SMILES string of the molecule is Fc1ccccc1CNc1nccc(N2CCCCCC2)n1. The van der Waals surface area contributed by atoms with Crippen molar-refractivity contribution in [1.29, 1.82) is 0 Å². The van der Waals surface area contributed by atoms with Gasteiger partial charge in [0, 0.05) is 31.4 Å². The fourth-order valence-electron chi connectivity index (χ4n) is 2.73. The van der Waals surface area contributed by atoms with Crippen LogP contribution in [0.1, 0.15) is 31.2 Å². The number of anilines is 2. The lowest BCUT2D eigenvalue weighted by Gasteiger charge is -2.21. The van der Waals surface area contributed by atoms with Crippen LogP contribution in [0.2, 0.25) is 0 Å². The second kappa shape index (κ2) is 7.20. The number of nitrogens with zero attached hydrogens (tertiary/aromatic N) is 3. The summed E-state index contributed by atoms with van der Waals surface area (Å²) in [5.41, 5.74) is 0.617. The number of halogens is 1. The van der Waals surface area contributed by atoms with Gasteiger partial charge in [-0.15, -0.1) is 0 Å². The first-order valence-electron chi connectivity index (χ1n) is 7.88. The fraction of sp³-hybridized carbons (Fsp3) is 0.412. The monoisotopic (exact) mass is 300 g/mol. The molecule has 1 N–H and O–H groups in total. The lowest BCUT2D eigenvalue weighted by Crippen LogP contribution is -2.25. The Hall–Kier alpha value is -2.17. The number of aromatic nitrogens is 2. The average molecular weight is 300 g/mol. The minimum Gasteiger partial charge on any atom is -0.356 e. The third kappa shape index (κ3) is 3.72. The Balaban J connectivity index is 1.67. The summed E-state index contributed by atoms with van der Waals surface area (Å²) < 4.78 is 13.6. The quantitative estimate of drug-likeness (QED) is 0.936. The molecular formula is C17H21FN4. The molecule has 1 aromatic heterocycles. The molecule has 0 saturated carbocycles. The Labute approximate surface area is 130 Å². The molecule has 2 aromatic rings. The van der Waals surface area contributed by atoms with Crippen molar-refractivity contribution < 1.29 is 4.39 Å². The smallest absolute Gasteiger partial charge is 0.224 e. The van der Waals surface area contributed by atoms with E-state index in [4.69, 9.17) is 0 Å². The predicted octanol–water partition coefficient (Wildman–Crippen LogP) is 3.61. The first-order chi connectivity index (χ1) is 10.8. The minimum atomic E-state index is -0.210. The molecule has 0 radical (unpaired) electrons. The van der Waals surface area contributed by atoms with Crippen LogP contribution in [0.3, 0.4) is 0 Å². The summed E-state index contributed by atoms with van der Waals surface area (Å²) in [6.45, 7) is 2.48. The molecule has 5 heteroatoms. The van der Waals surface area contributed by atoms with Gasteiger partial charge in [0.1, 0.15) is 11.6 Å². The van der Waals surface area contributed by atoms with Gasteiger partial charge in [0.15, 0.2) is 0 Å². The molecule has 22 heavy (non-hydrogen) atoms. The molecule has 0 bridgehead atoms. The summed E-state index contributed by atoms with van der Waals surface area (Å²) in [4.78, 5) is 11.1. The number of hydrogen-bond acceptors (Lipinski definition) is 4. The molecule has 0 amide bonds. The second-order valence-electron chi connectivity index (χ2n) is 5.58. The van der Waals surface area contributed by atoms with Crippen molar-refractivity contribution >= 4 is 11.8 Å². The second-order valence-corrected chi connectivity index (χ2v) is 5.58. The van der Waals surface area contributed by atoms with Crippen LogP contribution in [-0.2, 0) is 6.54 Å². The van der Waals surface area contributed by atoms with E-state index < -0.39 is 0 Å². The summed E-state index contributed by atoms with van der Waals surface area (Å²) in [5, 5.41) is 3.11. The summed E-state index contributed by atoms with van der Waals surface area (Å²) in [5.74, 6) is 1.29. The predicted molar refractivity (Wildman–Crippen MR) is 86.4 cm³/mol. The van der Waals surface area contributed by atoms with Crippen LogP contribution < -0.4 is 10.2 Å². The molecule has 0 aliphatic carbocycles. The van der Waals surface area contributed by atoms with Gasteiger partial charge in [-0.25, -0.2) is 9.37 Å². The lowest BCUT2D eigenvalue weighted by atomic mass is 10.2. The number of nitrogens with one attached hydrogen (secondary N) is 1. The van der Waals surface area contributed by atoms with Gasteiger partial charge in [-0.2, -0.15) is 4.98 Å². The van der Waals surface area contributed by atoms with E-state index in [9.17, 15) is 4.39 Å². The van der Waals surface area contributed by atoms with Gasteiger partial charge in [0.05, 0.1) is 0 Å². The minimum absolute atomic E-state index is 0.210. The van der Waals surface area contributed by atoms with Crippen LogP contribution >= 0.6 is 0 Å². The van der Waals surface area contributed by atoms with E-state index in [0.29, 0.717) is 18.1 Å². The first-order valence-corrected chi connectivity index (χ1v) is 7.88. The molecule has 4 nitrogen and oxygen atoms in total. The van der Waals surface area contributed by atoms with Crippen LogP contribution in [0.5, 0.6) is 0 Å². The third-order valence-corrected chi connectivity index (χ3v) is 3.97. The van der Waals surface area contributed by atoms with Crippen molar-refractivity contribution in [1.82, 2.24) is 9.97 Å². The summed E-state index contributed by atoms with van der Waals surface area (Å²) >= 11 is 0. The maximum absolute atomic E-state index is 13.6. The zero-order valence-electron chi connectivity index (χ0n) is 12.6. The van der Waals surface area contributed by atoms with Crippen LogP contribution in [0, 0.1) is 5.82 Å². The normalized spacial score (nSPS) is 15.4. The highest BCUT2D eigenvalue weighted by atomic mass is 19.1. The van der Waals surface area contributed by atoms with Crippen molar-refractivity contribution in [3.8, 4) is 0 Å². The van der Waals surface area contributed by atoms with E-state index in [-0.39, 0.29) is 5.82 Å². The Morgan fingerprint density at radius 1 is 1.05 bits per heavy atom. The standard InChI is InChI=1S/C17H21FN4/c18-15-8-4-3-7-14(15)13-20-17-19-10-9-16(21-17)22-11-5-1-2-6-12-22/h3-4,7-10H,1-2,5-6,11-13H2,(H,19,20,21). The van der Waals surface area contributed by atoms with Crippen LogP contribution in [0.4, 0.5) is 16.2 Å². The van der Waals surface area contributed by atoms with Crippen molar-refractivity contribution in [3.63, 3.8) is 0 Å². The molecule has 1 saturated heterocycles. The fourth-order valence-corrected chi connectivity index (χ4v) is 2.73. The molecule has 1 aromatic carbocycles. The van der Waals surface area contributed by atoms with Crippen molar-refractivity contribution in [3.05, 3.63) is 47.9 Å². The Kier molecular flexibility index (Phi) is 4.83. The molecule has 116 valence electrons. The van der Waals surface area contributed by atoms with Crippen molar-refractivity contribution in [2.45, 2.75) is 32.2 Å². The van der Waals surface area contributed by atoms with Crippen LogP contribution in [0.15, 0.2) is 36.5 Å². The number of benzene rings is 1. The van der Waals surface area contributed by atoms with Gasteiger partial charge in [0.25, 0.3) is 0 Å². The topological polar surface area (TPSA) is 41.1 Å². The summed E-state index contributed by atoms with van der Waals surface area (Å²) in [6.07, 6.45) is 6.76. The lowest BCUT2D eigenvalue weighted by molar-refractivity contribution is 0.612. The van der Waals surface area contributed by atoms with E-state index >= 15 is 0 Å². The number of rotatable bonds is 4. The highest BCUT2D eigenvalue weighted by molar-refractivity contribution is 5.42. The summed E-state index contributed by atoms with van der Waals surface area (Å²) in [7, 11) is 0. The van der Waals surface area contributed by atoms with Gasteiger partial charge >= 0.3 is 0 Å². The van der Waals surface area contributed by atoms with Gasteiger partial charge < -0.3 is 10.2 Å². The Bertz CT molecular complexity index is 609. The van der Waals surface area contributed by atoms with E-state index in [0.717, 1.165) is 18.9 Å².